The average Bonchev–Trinajstić information content (AvgIpc) is 3.09. The molecule has 0 amide bonds. The predicted octanol–water partition coefficient (Wildman–Crippen LogP) is 1.06. The number of esters is 1. The molecule has 6 nitrogen and oxygen atoms in total. The minimum absolute atomic E-state index is 0.214. The van der Waals surface area contributed by atoms with Crippen LogP contribution in [0.1, 0.15) is 17.2 Å². The summed E-state index contributed by atoms with van der Waals surface area (Å²) in [6, 6.07) is 8.00. The average molecular weight is 298 g/mol. The van der Waals surface area contributed by atoms with Crippen LogP contribution in [0, 0.1) is 0 Å². The second-order valence-corrected chi connectivity index (χ2v) is 5.72. The van der Waals surface area contributed by atoms with E-state index in [1.807, 2.05) is 12.1 Å². The molecule has 0 radical (unpaired) electrons. The summed E-state index contributed by atoms with van der Waals surface area (Å²) in [7, 11) is 0. The maximum absolute atomic E-state index is 12.2. The molecule has 0 aliphatic carbocycles. The molecule has 114 valence electrons. The first-order valence-electron chi connectivity index (χ1n) is 7.61. The number of piperazine rings is 1. The van der Waals surface area contributed by atoms with Crippen LogP contribution in [0.15, 0.2) is 30.5 Å². The molecular formula is C16H18N4O2. The number of anilines is 1. The molecule has 2 aliphatic rings. The molecule has 0 spiro atoms. The van der Waals surface area contributed by atoms with Gasteiger partial charge in [-0.05, 0) is 24.1 Å². The normalized spacial score (nSPS) is 21.4. The number of aromatic amines is 1. The van der Waals surface area contributed by atoms with Crippen molar-refractivity contribution in [3.05, 3.63) is 41.7 Å². The van der Waals surface area contributed by atoms with Crippen LogP contribution in [0.2, 0.25) is 0 Å². The van der Waals surface area contributed by atoms with Crippen LogP contribution in [-0.4, -0.2) is 42.3 Å². The third kappa shape index (κ3) is 2.35. The van der Waals surface area contributed by atoms with E-state index in [0.29, 0.717) is 12.2 Å². The lowest BCUT2D eigenvalue weighted by Crippen LogP contribution is -2.43. The molecular weight excluding hydrogens is 280 g/mol. The fourth-order valence-corrected chi connectivity index (χ4v) is 3.11. The Balaban J connectivity index is 1.60. The molecule has 1 aromatic carbocycles. The van der Waals surface area contributed by atoms with Crippen molar-refractivity contribution in [2.24, 2.45) is 0 Å². The second kappa shape index (κ2) is 5.46. The first-order valence-corrected chi connectivity index (χ1v) is 7.61. The number of nitrogens with one attached hydrogen (secondary N) is 2. The number of hydrogen-bond acceptors (Lipinski definition) is 5. The van der Waals surface area contributed by atoms with Gasteiger partial charge in [-0.2, -0.15) is 5.10 Å². The Morgan fingerprint density at radius 2 is 2.09 bits per heavy atom. The standard InChI is InChI=1S/C16H18N4O2/c21-16-13(14-3-4-18-19-14)9-11-1-2-12(10-15(11)22-16)20-7-5-17-6-8-20/h1-4,10,13,17H,5-9H2,(H,18,19). The first kappa shape index (κ1) is 13.3. The third-order valence-electron chi connectivity index (χ3n) is 4.35. The van der Waals surface area contributed by atoms with Crippen LogP contribution in [0.5, 0.6) is 5.75 Å². The van der Waals surface area contributed by atoms with Crippen molar-refractivity contribution in [2.75, 3.05) is 31.1 Å². The van der Waals surface area contributed by atoms with Gasteiger partial charge in [0.2, 0.25) is 0 Å². The molecule has 1 unspecified atom stereocenters. The van der Waals surface area contributed by atoms with E-state index >= 15 is 0 Å². The molecule has 3 heterocycles. The summed E-state index contributed by atoms with van der Waals surface area (Å²) in [5.74, 6) is 0.186. The molecule has 4 rings (SSSR count). The van der Waals surface area contributed by atoms with Gasteiger partial charge >= 0.3 is 5.97 Å². The highest BCUT2D eigenvalue weighted by Gasteiger charge is 2.31. The smallest absolute Gasteiger partial charge is 0.320 e. The van der Waals surface area contributed by atoms with Crippen molar-refractivity contribution >= 4 is 11.7 Å². The van der Waals surface area contributed by atoms with Crippen LogP contribution >= 0.6 is 0 Å². The van der Waals surface area contributed by atoms with Crippen molar-refractivity contribution in [3.8, 4) is 5.75 Å². The van der Waals surface area contributed by atoms with E-state index in [1.54, 1.807) is 6.20 Å². The number of carbonyl (C=O) groups excluding carboxylic acids is 1. The Labute approximate surface area is 128 Å². The Kier molecular flexibility index (Phi) is 3.31. The topological polar surface area (TPSA) is 70.2 Å². The van der Waals surface area contributed by atoms with Gasteiger partial charge in [-0.1, -0.05) is 6.07 Å². The molecule has 22 heavy (non-hydrogen) atoms. The Bertz CT molecular complexity index is 677. The number of H-pyrrole nitrogens is 1. The Morgan fingerprint density at radius 1 is 1.23 bits per heavy atom. The number of benzene rings is 1. The van der Waals surface area contributed by atoms with Crippen LogP contribution < -0.4 is 15.0 Å². The molecule has 2 aliphatic heterocycles. The molecule has 2 aromatic rings. The van der Waals surface area contributed by atoms with Crippen molar-refractivity contribution in [2.45, 2.75) is 12.3 Å². The number of ether oxygens (including phenoxy) is 1. The SMILES string of the molecule is O=C1Oc2cc(N3CCNCC3)ccc2CC1c1ccn[nH]1. The van der Waals surface area contributed by atoms with Gasteiger partial charge in [0.25, 0.3) is 0 Å². The molecule has 0 saturated carbocycles. The summed E-state index contributed by atoms with van der Waals surface area (Å²) in [6.45, 7) is 3.92. The third-order valence-corrected chi connectivity index (χ3v) is 4.35. The van der Waals surface area contributed by atoms with Crippen molar-refractivity contribution < 1.29 is 9.53 Å². The van der Waals surface area contributed by atoms with Gasteiger partial charge in [0, 0.05) is 49.8 Å². The second-order valence-electron chi connectivity index (χ2n) is 5.72. The van der Waals surface area contributed by atoms with Crippen molar-refractivity contribution in [1.29, 1.82) is 0 Å². The summed E-state index contributed by atoms with van der Waals surface area (Å²) in [6.07, 6.45) is 2.31. The van der Waals surface area contributed by atoms with Gasteiger partial charge < -0.3 is 15.0 Å². The fraction of sp³-hybridized carbons (Fsp3) is 0.375. The van der Waals surface area contributed by atoms with Gasteiger partial charge in [0.1, 0.15) is 11.7 Å². The van der Waals surface area contributed by atoms with Gasteiger partial charge in [-0.25, -0.2) is 0 Å². The highest BCUT2D eigenvalue weighted by atomic mass is 16.5. The number of carbonyl (C=O) groups is 1. The lowest BCUT2D eigenvalue weighted by Gasteiger charge is -2.31. The number of hydrogen-bond donors (Lipinski definition) is 2. The molecule has 2 N–H and O–H groups in total. The minimum atomic E-state index is -0.292. The van der Waals surface area contributed by atoms with Gasteiger partial charge in [0.05, 0.1) is 0 Å². The summed E-state index contributed by atoms with van der Waals surface area (Å²) >= 11 is 0. The van der Waals surface area contributed by atoms with E-state index in [1.165, 1.54) is 0 Å². The summed E-state index contributed by atoms with van der Waals surface area (Å²) in [5, 5.41) is 10.1. The summed E-state index contributed by atoms with van der Waals surface area (Å²) in [4.78, 5) is 14.6. The Hall–Kier alpha value is -2.34. The molecule has 1 fully saturated rings. The van der Waals surface area contributed by atoms with E-state index in [9.17, 15) is 4.79 Å². The van der Waals surface area contributed by atoms with Crippen LogP contribution in [0.4, 0.5) is 5.69 Å². The van der Waals surface area contributed by atoms with E-state index in [-0.39, 0.29) is 11.9 Å². The minimum Gasteiger partial charge on any atom is -0.426 e. The molecule has 0 bridgehead atoms. The van der Waals surface area contributed by atoms with Crippen molar-refractivity contribution in [3.63, 3.8) is 0 Å². The highest BCUT2D eigenvalue weighted by Crippen LogP contribution is 2.35. The summed E-state index contributed by atoms with van der Waals surface area (Å²) in [5.41, 5.74) is 2.99. The van der Waals surface area contributed by atoms with E-state index in [4.69, 9.17) is 4.74 Å². The number of fused-ring (bicyclic) bond motifs is 1. The summed E-state index contributed by atoms with van der Waals surface area (Å²) < 4.78 is 5.57. The largest absolute Gasteiger partial charge is 0.426 e. The zero-order valence-electron chi connectivity index (χ0n) is 12.2. The number of rotatable bonds is 2. The maximum atomic E-state index is 12.2. The number of aromatic nitrogens is 2. The molecule has 1 saturated heterocycles. The molecule has 6 heteroatoms. The molecule has 1 atom stereocenters. The predicted molar refractivity (Wildman–Crippen MR) is 82.2 cm³/mol. The maximum Gasteiger partial charge on any atom is 0.320 e. The lowest BCUT2D eigenvalue weighted by atomic mass is 9.93. The van der Waals surface area contributed by atoms with Gasteiger partial charge in [-0.15, -0.1) is 0 Å². The van der Waals surface area contributed by atoms with Crippen LogP contribution in [0.3, 0.4) is 0 Å². The van der Waals surface area contributed by atoms with Crippen LogP contribution in [-0.2, 0) is 11.2 Å². The highest BCUT2D eigenvalue weighted by molar-refractivity contribution is 5.83. The van der Waals surface area contributed by atoms with Crippen LogP contribution in [0.25, 0.3) is 0 Å². The van der Waals surface area contributed by atoms with Gasteiger partial charge in [0.15, 0.2) is 0 Å². The number of nitrogens with zero attached hydrogens (tertiary/aromatic N) is 2. The Morgan fingerprint density at radius 3 is 2.86 bits per heavy atom. The molecule has 1 aromatic heterocycles. The van der Waals surface area contributed by atoms with Gasteiger partial charge in [-0.3, -0.25) is 9.89 Å². The van der Waals surface area contributed by atoms with E-state index in [0.717, 1.165) is 43.1 Å². The fourth-order valence-electron chi connectivity index (χ4n) is 3.11. The van der Waals surface area contributed by atoms with E-state index in [2.05, 4.69) is 32.5 Å². The zero-order valence-corrected chi connectivity index (χ0v) is 12.2. The van der Waals surface area contributed by atoms with Crippen molar-refractivity contribution in [1.82, 2.24) is 15.5 Å². The zero-order chi connectivity index (χ0) is 14.9. The van der Waals surface area contributed by atoms with E-state index < -0.39 is 0 Å². The first-order chi connectivity index (χ1) is 10.8. The monoisotopic (exact) mass is 298 g/mol. The quantitative estimate of drug-likeness (QED) is 0.641. The lowest BCUT2D eigenvalue weighted by molar-refractivity contribution is -0.137.